The van der Waals surface area contributed by atoms with Gasteiger partial charge in [-0.05, 0) is 48.5 Å². The third-order valence-corrected chi connectivity index (χ3v) is 16.0. The van der Waals surface area contributed by atoms with Gasteiger partial charge in [0.1, 0.15) is 0 Å². The predicted molar refractivity (Wildman–Crippen MR) is 236 cm³/mol. The van der Waals surface area contributed by atoms with Crippen molar-refractivity contribution in [3.63, 3.8) is 0 Å². The monoisotopic (exact) mass is 715 g/mol. The molecule has 256 valence electrons. The van der Waals surface area contributed by atoms with Gasteiger partial charge in [-0.2, -0.15) is 0 Å². The molecular weight excluding hydrogens is 675 g/mol. The second-order valence-electron chi connectivity index (χ2n) is 17.0. The van der Waals surface area contributed by atoms with Gasteiger partial charge in [-0.1, -0.05) is 141 Å². The van der Waals surface area contributed by atoms with Gasteiger partial charge in [-0.3, -0.25) is 0 Å². The van der Waals surface area contributed by atoms with Gasteiger partial charge in [-0.25, -0.2) is 0 Å². The molecule has 4 heterocycles. The van der Waals surface area contributed by atoms with Gasteiger partial charge in [0.15, 0.2) is 0 Å². The molecule has 0 unspecified atom stereocenters. The second kappa shape index (κ2) is 10.5. The average Bonchev–Trinajstić information content (AvgIpc) is 3.88. The smallest absolute Gasteiger partial charge is 0.0776 e. The van der Waals surface area contributed by atoms with E-state index in [2.05, 4.69) is 192 Å². The van der Waals surface area contributed by atoms with E-state index in [0.717, 1.165) is 0 Å². The lowest BCUT2D eigenvalue weighted by molar-refractivity contribution is 1.20. The van der Waals surface area contributed by atoms with Gasteiger partial charge >= 0.3 is 0 Å². The van der Waals surface area contributed by atoms with Crippen LogP contribution in [0.25, 0.3) is 93.1 Å². The molecule has 4 aromatic heterocycles. The summed E-state index contributed by atoms with van der Waals surface area (Å²) in [7, 11) is -2.99. The van der Waals surface area contributed by atoms with Crippen LogP contribution in [0.4, 0.5) is 0 Å². The molecular formula is C48H41N3Si2. The molecule has 0 aliphatic rings. The molecule has 0 fully saturated rings. The van der Waals surface area contributed by atoms with Crippen LogP contribution in [0.3, 0.4) is 0 Å². The number of rotatable bonds is 4. The van der Waals surface area contributed by atoms with Gasteiger partial charge in [0.2, 0.25) is 0 Å². The second-order valence-corrected chi connectivity index (χ2v) is 27.2. The van der Waals surface area contributed by atoms with Crippen molar-refractivity contribution in [2.75, 3.05) is 0 Å². The van der Waals surface area contributed by atoms with E-state index in [-0.39, 0.29) is 0 Å². The number of hydrogen-bond donors (Lipinski definition) is 0. The van der Waals surface area contributed by atoms with E-state index in [1.165, 1.54) is 103 Å². The lowest BCUT2D eigenvalue weighted by Gasteiger charge is -2.17. The molecule has 0 bridgehead atoms. The normalized spacial score (nSPS) is 13.1. The molecule has 0 amide bonds. The topological polar surface area (TPSA) is 14.3 Å². The zero-order chi connectivity index (χ0) is 36.0. The van der Waals surface area contributed by atoms with Gasteiger partial charge in [0, 0.05) is 43.1 Å². The number of nitrogens with zero attached hydrogens (tertiary/aromatic N) is 3. The molecule has 0 saturated heterocycles. The van der Waals surface area contributed by atoms with Crippen molar-refractivity contribution in [3.8, 4) is 11.4 Å². The summed E-state index contributed by atoms with van der Waals surface area (Å²) in [4.78, 5) is 0. The summed E-state index contributed by atoms with van der Waals surface area (Å²) >= 11 is 0. The highest BCUT2D eigenvalue weighted by molar-refractivity contribution is 6.89. The SMILES string of the molecule is C[Si](C)(C)c1ccc2c(c1)c1ccccc1n2-c1cccc2c1c1cccc3c4c(-n5c6ccccc6c6cc([Si](C)(C)C)ccc65)cccc4n2c13. The molecule has 7 aromatic carbocycles. The van der Waals surface area contributed by atoms with Gasteiger partial charge < -0.3 is 13.5 Å². The number of aromatic nitrogens is 3. The van der Waals surface area contributed by atoms with Crippen molar-refractivity contribution in [1.82, 2.24) is 13.5 Å². The van der Waals surface area contributed by atoms with Crippen LogP contribution in [0.2, 0.25) is 39.3 Å². The van der Waals surface area contributed by atoms with E-state index in [9.17, 15) is 0 Å². The standard InChI is InChI=1S/C48H41N3Si2/c1-52(2,3)30-24-26-40-36(28-30)32-14-7-9-18-38(32)49(40)42-20-12-22-44-46(42)34-16-11-17-35-47-43(21-13-23-45(47)51(44)48(34)35)50-39-19-10-8-15-33(39)37-29-31(53(4,5)6)25-27-41(37)50/h7-29H,1-6H3. The molecule has 0 radical (unpaired) electrons. The Bertz CT molecular complexity index is 3090. The van der Waals surface area contributed by atoms with E-state index in [4.69, 9.17) is 0 Å². The lowest BCUT2D eigenvalue weighted by atomic mass is 10.1. The molecule has 0 N–H and O–H groups in total. The Morgan fingerprint density at radius 2 is 0.717 bits per heavy atom. The van der Waals surface area contributed by atoms with Crippen LogP contribution in [0.15, 0.2) is 140 Å². The van der Waals surface area contributed by atoms with E-state index < -0.39 is 16.1 Å². The summed E-state index contributed by atoms with van der Waals surface area (Å²) in [5, 5.41) is 13.5. The number of benzene rings is 7. The number of fused-ring (bicyclic) bond motifs is 12. The van der Waals surface area contributed by atoms with E-state index in [1.54, 1.807) is 0 Å². The minimum Gasteiger partial charge on any atom is -0.309 e. The molecule has 11 rings (SSSR count). The maximum absolute atomic E-state index is 2.54. The minimum atomic E-state index is -1.50. The number of para-hydroxylation sites is 3. The quantitative estimate of drug-likeness (QED) is 0.161. The van der Waals surface area contributed by atoms with Gasteiger partial charge in [0.05, 0.1) is 66.1 Å². The van der Waals surface area contributed by atoms with Crippen molar-refractivity contribution < 1.29 is 0 Å². The first kappa shape index (κ1) is 30.9. The van der Waals surface area contributed by atoms with Crippen LogP contribution in [0.1, 0.15) is 0 Å². The van der Waals surface area contributed by atoms with Crippen molar-refractivity contribution >= 4 is 108 Å². The highest BCUT2D eigenvalue weighted by Gasteiger charge is 2.26. The van der Waals surface area contributed by atoms with Crippen LogP contribution in [-0.4, -0.2) is 29.7 Å². The molecule has 0 aliphatic heterocycles. The Balaban J connectivity index is 1.24. The zero-order valence-electron chi connectivity index (χ0n) is 31.1. The highest BCUT2D eigenvalue weighted by Crippen LogP contribution is 2.45. The Labute approximate surface area is 310 Å². The molecule has 0 atom stereocenters. The Hall–Kier alpha value is -5.63. The fraction of sp³-hybridized carbons (Fsp3) is 0.125. The fourth-order valence-corrected chi connectivity index (χ4v) is 11.6. The first-order valence-corrected chi connectivity index (χ1v) is 25.9. The molecule has 0 saturated carbocycles. The lowest BCUT2D eigenvalue weighted by Crippen LogP contribution is -2.37. The zero-order valence-corrected chi connectivity index (χ0v) is 33.1. The molecule has 11 aromatic rings. The van der Waals surface area contributed by atoms with Gasteiger partial charge in [0.25, 0.3) is 0 Å². The van der Waals surface area contributed by atoms with Crippen LogP contribution < -0.4 is 10.4 Å². The molecule has 53 heavy (non-hydrogen) atoms. The minimum absolute atomic E-state index is 1.23. The molecule has 0 aliphatic carbocycles. The van der Waals surface area contributed by atoms with Crippen LogP contribution in [0, 0.1) is 0 Å². The maximum atomic E-state index is 2.54. The van der Waals surface area contributed by atoms with E-state index in [0.29, 0.717) is 0 Å². The largest absolute Gasteiger partial charge is 0.309 e. The van der Waals surface area contributed by atoms with Crippen molar-refractivity contribution in [2.24, 2.45) is 0 Å². The first-order valence-electron chi connectivity index (χ1n) is 18.9. The van der Waals surface area contributed by atoms with Gasteiger partial charge in [-0.15, -0.1) is 0 Å². The highest BCUT2D eigenvalue weighted by atomic mass is 28.3. The molecule has 3 nitrogen and oxygen atoms in total. The Morgan fingerprint density at radius 1 is 0.340 bits per heavy atom. The summed E-state index contributed by atoms with van der Waals surface area (Å²) in [6.45, 7) is 14.6. The molecule has 0 spiro atoms. The summed E-state index contributed by atoms with van der Waals surface area (Å²) in [6, 6.07) is 53.1. The van der Waals surface area contributed by atoms with Crippen LogP contribution >= 0.6 is 0 Å². The third-order valence-electron chi connectivity index (χ3n) is 11.9. The predicted octanol–water partition coefficient (Wildman–Crippen LogP) is 12.1. The average molecular weight is 716 g/mol. The third kappa shape index (κ3) is 4.15. The van der Waals surface area contributed by atoms with Crippen molar-refractivity contribution in [1.29, 1.82) is 0 Å². The Morgan fingerprint density at radius 3 is 1.17 bits per heavy atom. The van der Waals surface area contributed by atoms with E-state index >= 15 is 0 Å². The first-order chi connectivity index (χ1) is 25.6. The summed E-state index contributed by atoms with van der Waals surface area (Å²) in [6.07, 6.45) is 0. The fourth-order valence-electron chi connectivity index (χ4n) is 9.31. The van der Waals surface area contributed by atoms with Crippen molar-refractivity contribution in [3.05, 3.63) is 140 Å². The number of hydrogen-bond acceptors (Lipinski definition) is 0. The maximum Gasteiger partial charge on any atom is 0.0776 e. The Kier molecular flexibility index (Phi) is 6.13. The summed E-state index contributed by atoms with van der Waals surface area (Å²) in [5.74, 6) is 0. The van der Waals surface area contributed by atoms with Crippen molar-refractivity contribution in [2.45, 2.75) is 39.3 Å². The summed E-state index contributed by atoms with van der Waals surface area (Å²) < 4.78 is 7.57. The summed E-state index contributed by atoms with van der Waals surface area (Å²) in [5.41, 5.74) is 11.3. The van der Waals surface area contributed by atoms with E-state index in [1.807, 2.05) is 0 Å². The van der Waals surface area contributed by atoms with Crippen LogP contribution in [-0.2, 0) is 0 Å². The van der Waals surface area contributed by atoms with Crippen LogP contribution in [0.5, 0.6) is 0 Å². The molecule has 5 heteroatoms.